The van der Waals surface area contributed by atoms with Crippen molar-refractivity contribution in [3.05, 3.63) is 64.5 Å². The van der Waals surface area contributed by atoms with Crippen molar-refractivity contribution in [2.24, 2.45) is 5.92 Å². The Bertz CT molecular complexity index is 1200. The van der Waals surface area contributed by atoms with Crippen LogP contribution < -0.4 is 15.4 Å². The molecule has 0 saturated heterocycles. The average Bonchev–Trinajstić information content (AvgIpc) is 3.28. The molecule has 10 heteroatoms. The van der Waals surface area contributed by atoms with Crippen LogP contribution in [0.2, 0.25) is 0 Å². The van der Waals surface area contributed by atoms with Gasteiger partial charge in [0.1, 0.15) is 0 Å². The van der Waals surface area contributed by atoms with E-state index >= 15 is 0 Å². The molecule has 1 aliphatic carbocycles. The highest BCUT2D eigenvalue weighted by molar-refractivity contribution is 7.20. The smallest absolute Gasteiger partial charge is 0.306 e. The summed E-state index contributed by atoms with van der Waals surface area (Å²) >= 11 is 1.36. The lowest BCUT2D eigenvalue weighted by molar-refractivity contribution is -0.143. The minimum Gasteiger partial charge on any atom is -0.484 e. The van der Waals surface area contributed by atoms with Gasteiger partial charge in [-0.3, -0.25) is 14.4 Å². The number of rotatable bonds is 8. The van der Waals surface area contributed by atoms with Crippen LogP contribution in [-0.2, 0) is 4.79 Å². The molecule has 2 aromatic carbocycles. The Balaban J connectivity index is 1.27. The molecule has 184 valence electrons. The van der Waals surface area contributed by atoms with Gasteiger partial charge in [-0.1, -0.05) is 18.2 Å². The van der Waals surface area contributed by atoms with Gasteiger partial charge in [0.15, 0.2) is 17.4 Å². The molecular formula is C25H24F2N2O5S. The number of carboxylic acid groups (broad SMARTS) is 1. The van der Waals surface area contributed by atoms with Crippen LogP contribution >= 0.6 is 11.3 Å². The number of ether oxygens (including phenoxy) is 1. The number of halogens is 2. The van der Waals surface area contributed by atoms with E-state index in [0.717, 1.165) is 22.2 Å². The summed E-state index contributed by atoms with van der Waals surface area (Å²) in [5.41, 5.74) is -0.210. The first-order valence-corrected chi connectivity index (χ1v) is 12.1. The Morgan fingerprint density at radius 1 is 0.943 bits per heavy atom. The molecule has 1 heterocycles. The van der Waals surface area contributed by atoms with Crippen molar-refractivity contribution >= 4 is 39.2 Å². The van der Waals surface area contributed by atoms with Crippen molar-refractivity contribution < 1.29 is 33.0 Å². The van der Waals surface area contributed by atoms with E-state index in [-0.39, 0.29) is 24.6 Å². The van der Waals surface area contributed by atoms with Gasteiger partial charge in [-0.15, -0.1) is 11.3 Å². The van der Waals surface area contributed by atoms with Crippen molar-refractivity contribution in [1.82, 2.24) is 10.6 Å². The van der Waals surface area contributed by atoms with Crippen molar-refractivity contribution in [1.29, 1.82) is 0 Å². The van der Waals surface area contributed by atoms with Crippen LogP contribution in [-0.4, -0.2) is 42.1 Å². The van der Waals surface area contributed by atoms with Gasteiger partial charge in [0.25, 0.3) is 11.8 Å². The largest absolute Gasteiger partial charge is 0.484 e. The lowest BCUT2D eigenvalue weighted by Crippen LogP contribution is -2.34. The van der Waals surface area contributed by atoms with E-state index in [1.54, 1.807) is 6.07 Å². The first kappa shape index (κ1) is 24.6. The quantitative estimate of drug-likeness (QED) is 0.397. The fourth-order valence-electron chi connectivity index (χ4n) is 4.03. The maximum atomic E-state index is 14.5. The van der Waals surface area contributed by atoms with Crippen LogP contribution in [0.4, 0.5) is 8.78 Å². The van der Waals surface area contributed by atoms with E-state index in [2.05, 4.69) is 10.6 Å². The van der Waals surface area contributed by atoms with Gasteiger partial charge in [-0.2, -0.15) is 0 Å². The topological polar surface area (TPSA) is 105 Å². The number of hydrogen-bond donors (Lipinski definition) is 3. The van der Waals surface area contributed by atoms with E-state index in [9.17, 15) is 23.2 Å². The summed E-state index contributed by atoms with van der Waals surface area (Å²) in [7, 11) is 0. The van der Waals surface area contributed by atoms with Crippen molar-refractivity contribution in [3.63, 3.8) is 0 Å². The molecular weight excluding hydrogens is 478 g/mol. The molecule has 35 heavy (non-hydrogen) atoms. The molecule has 1 aromatic heterocycles. The van der Waals surface area contributed by atoms with E-state index in [4.69, 9.17) is 9.84 Å². The highest BCUT2D eigenvalue weighted by Gasteiger charge is 2.28. The lowest BCUT2D eigenvalue weighted by Gasteiger charge is -2.27. The third-order valence-corrected chi connectivity index (χ3v) is 7.03. The Labute approximate surface area is 204 Å². The Hall–Kier alpha value is -3.53. The molecule has 1 saturated carbocycles. The number of carboxylic acids is 1. The second-order valence-corrected chi connectivity index (χ2v) is 9.44. The van der Waals surface area contributed by atoms with E-state index in [1.807, 2.05) is 24.3 Å². The Morgan fingerprint density at radius 3 is 2.20 bits per heavy atom. The molecule has 3 N–H and O–H groups in total. The van der Waals surface area contributed by atoms with Crippen molar-refractivity contribution in [3.8, 4) is 5.75 Å². The summed E-state index contributed by atoms with van der Waals surface area (Å²) in [4.78, 5) is 36.2. The van der Waals surface area contributed by atoms with Gasteiger partial charge in [-0.05, 0) is 55.3 Å². The number of carbonyl (C=O) groups is 3. The molecule has 0 aliphatic heterocycles. The number of hydrogen-bond acceptors (Lipinski definition) is 5. The predicted molar refractivity (Wildman–Crippen MR) is 127 cm³/mol. The van der Waals surface area contributed by atoms with Gasteiger partial charge < -0.3 is 20.5 Å². The Kier molecular flexibility index (Phi) is 7.60. The number of aliphatic carboxylic acids is 1. The average molecular weight is 503 g/mol. The van der Waals surface area contributed by atoms with Crippen molar-refractivity contribution in [2.75, 3.05) is 13.1 Å². The number of benzene rings is 2. The van der Waals surface area contributed by atoms with E-state index < -0.39 is 41.3 Å². The molecule has 0 radical (unpaired) electrons. The van der Waals surface area contributed by atoms with Crippen LogP contribution in [0.15, 0.2) is 42.5 Å². The van der Waals surface area contributed by atoms with Gasteiger partial charge in [0.2, 0.25) is 0 Å². The molecule has 0 unspecified atom stereocenters. The van der Waals surface area contributed by atoms with Gasteiger partial charge in [0.05, 0.1) is 16.9 Å². The van der Waals surface area contributed by atoms with Crippen LogP contribution in [0.5, 0.6) is 5.75 Å². The van der Waals surface area contributed by atoms with Gasteiger partial charge in [0, 0.05) is 23.4 Å². The standard InChI is InChI=1S/C25H24F2N2O5S/c26-18-11-16(12-19(27)22(18)34-17-7-5-14(6-8-17)25(32)33)23(30)28-9-10-29-24(31)21-13-15-3-1-2-4-20(15)35-21/h1-4,11-14,17H,5-10H2,(H,28,30)(H,29,31)(H,32,33). The summed E-state index contributed by atoms with van der Waals surface area (Å²) in [5, 5.41) is 15.3. The minimum atomic E-state index is -1.01. The van der Waals surface area contributed by atoms with Crippen LogP contribution in [0.1, 0.15) is 45.7 Å². The normalized spacial score (nSPS) is 17.7. The zero-order valence-electron chi connectivity index (χ0n) is 18.7. The second kappa shape index (κ2) is 10.8. The third kappa shape index (κ3) is 5.94. The summed E-state index contributed by atoms with van der Waals surface area (Å²) in [6, 6.07) is 11.2. The monoisotopic (exact) mass is 502 g/mol. The molecule has 0 spiro atoms. The third-order valence-electron chi connectivity index (χ3n) is 5.91. The fraction of sp³-hybridized carbons (Fsp3) is 0.320. The molecule has 3 aromatic rings. The zero-order valence-corrected chi connectivity index (χ0v) is 19.5. The molecule has 1 aliphatic rings. The summed E-state index contributed by atoms with van der Waals surface area (Å²) in [5.74, 6) is -4.89. The number of carbonyl (C=O) groups excluding carboxylic acids is 2. The summed E-state index contributed by atoms with van der Waals surface area (Å²) in [6.07, 6.45) is 1.03. The minimum absolute atomic E-state index is 0.0732. The number of fused-ring (bicyclic) bond motifs is 1. The van der Waals surface area contributed by atoms with Crippen molar-refractivity contribution in [2.45, 2.75) is 31.8 Å². The summed E-state index contributed by atoms with van der Waals surface area (Å²) < 4.78 is 35.5. The lowest BCUT2D eigenvalue weighted by atomic mass is 9.87. The maximum Gasteiger partial charge on any atom is 0.306 e. The number of amides is 2. The Morgan fingerprint density at radius 2 is 1.57 bits per heavy atom. The molecule has 4 rings (SSSR count). The number of nitrogens with one attached hydrogen (secondary N) is 2. The summed E-state index contributed by atoms with van der Waals surface area (Å²) in [6.45, 7) is 0.216. The molecule has 1 fully saturated rings. The number of thiophene rings is 1. The molecule has 7 nitrogen and oxygen atoms in total. The first-order chi connectivity index (χ1) is 16.8. The highest BCUT2D eigenvalue weighted by atomic mass is 32.1. The van der Waals surface area contributed by atoms with Gasteiger partial charge in [-0.25, -0.2) is 8.78 Å². The highest BCUT2D eigenvalue weighted by Crippen LogP contribution is 2.31. The first-order valence-electron chi connectivity index (χ1n) is 11.3. The van der Waals surface area contributed by atoms with E-state index in [1.165, 1.54) is 11.3 Å². The molecule has 2 amide bonds. The zero-order chi connectivity index (χ0) is 24.9. The predicted octanol–water partition coefficient (Wildman–Crippen LogP) is 4.36. The molecule has 0 bridgehead atoms. The SMILES string of the molecule is O=C(NCCNC(=O)c1cc2ccccc2s1)c1cc(F)c(OC2CCC(C(=O)O)CC2)c(F)c1. The second-order valence-electron chi connectivity index (χ2n) is 8.36. The van der Waals surface area contributed by atoms with Crippen LogP contribution in [0.25, 0.3) is 10.1 Å². The van der Waals surface area contributed by atoms with Crippen LogP contribution in [0.3, 0.4) is 0 Å². The van der Waals surface area contributed by atoms with Crippen LogP contribution in [0, 0.1) is 17.6 Å². The van der Waals surface area contributed by atoms with Gasteiger partial charge >= 0.3 is 5.97 Å². The van der Waals surface area contributed by atoms with E-state index in [0.29, 0.717) is 30.6 Å². The fourth-order valence-corrected chi connectivity index (χ4v) is 5.01. The maximum absolute atomic E-state index is 14.5. The molecule has 0 atom stereocenters.